The number of rotatable bonds is 5. The summed E-state index contributed by atoms with van der Waals surface area (Å²) in [7, 11) is 0. The van der Waals surface area contributed by atoms with Crippen molar-refractivity contribution in [3.8, 4) is 6.07 Å². The number of nitrogens with one attached hydrogen (secondary N) is 1. The predicted molar refractivity (Wildman–Crippen MR) is 86.5 cm³/mol. The molecule has 0 aliphatic heterocycles. The SMILES string of the molecule is C=C(O/C=C\C)c1c[nH]c(=O)n(Cc2ccc(C#N)cc2)c1=O. The van der Waals surface area contributed by atoms with Crippen LogP contribution in [-0.2, 0) is 11.3 Å². The Kier molecular flexibility index (Phi) is 4.95. The average Bonchev–Trinajstić information content (AvgIpc) is 2.57. The normalized spacial score (nSPS) is 10.4. The van der Waals surface area contributed by atoms with Crippen molar-refractivity contribution in [1.82, 2.24) is 9.55 Å². The Morgan fingerprint density at radius 3 is 2.70 bits per heavy atom. The molecule has 2 rings (SSSR count). The maximum atomic E-state index is 12.4. The molecule has 0 saturated heterocycles. The van der Waals surface area contributed by atoms with Gasteiger partial charge in [0.2, 0.25) is 0 Å². The first-order valence-electron chi connectivity index (χ1n) is 6.85. The molecular weight excluding hydrogens is 294 g/mol. The zero-order valence-corrected chi connectivity index (χ0v) is 12.6. The average molecular weight is 309 g/mol. The lowest BCUT2D eigenvalue weighted by Gasteiger charge is -2.08. The molecule has 0 fully saturated rings. The van der Waals surface area contributed by atoms with Crippen LogP contribution in [0.4, 0.5) is 0 Å². The molecule has 6 heteroatoms. The number of hydrogen-bond donors (Lipinski definition) is 1. The summed E-state index contributed by atoms with van der Waals surface area (Å²) in [6.07, 6.45) is 4.34. The van der Waals surface area contributed by atoms with Gasteiger partial charge in [0.1, 0.15) is 5.76 Å². The smallest absolute Gasteiger partial charge is 0.328 e. The fourth-order valence-corrected chi connectivity index (χ4v) is 1.94. The second kappa shape index (κ2) is 7.09. The van der Waals surface area contributed by atoms with E-state index in [0.717, 1.165) is 10.1 Å². The van der Waals surface area contributed by atoms with E-state index < -0.39 is 11.2 Å². The molecule has 1 aromatic heterocycles. The first-order chi connectivity index (χ1) is 11.1. The number of aromatic amines is 1. The van der Waals surface area contributed by atoms with Gasteiger partial charge in [-0.05, 0) is 24.6 Å². The molecule has 2 aromatic rings. The number of H-pyrrole nitrogens is 1. The summed E-state index contributed by atoms with van der Waals surface area (Å²) in [5.41, 5.74) is 0.400. The number of benzene rings is 1. The van der Waals surface area contributed by atoms with Gasteiger partial charge >= 0.3 is 5.69 Å². The van der Waals surface area contributed by atoms with Crippen molar-refractivity contribution in [2.45, 2.75) is 13.5 Å². The third kappa shape index (κ3) is 3.66. The summed E-state index contributed by atoms with van der Waals surface area (Å²) in [5.74, 6) is 0.151. The van der Waals surface area contributed by atoms with Crippen LogP contribution in [0.25, 0.3) is 5.76 Å². The number of ether oxygens (including phenoxy) is 1. The van der Waals surface area contributed by atoms with Crippen LogP contribution in [-0.4, -0.2) is 9.55 Å². The van der Waals surface area contributed by atoms with Crippen LogP contribution in [0.5, 0.6) is 0 Å². The van der Waals surface area contributed by atoms with Gasteiger partial charge < -0.3 is 9.72 Å². The number of aromatic nitrogens is 2. The zero-order chi connectivity index (χ0) is 16.8. The van der Waals surface area contributed by atoms with Crippen LogP contribution in [0.1, 0.15) is 23.6 Å². The van der Waals surface area contributed by atoms with Crippen molar-refractivity contribution < 1.29 is 4.74 Å². The van der Waals surface area contributed by atoms with Crippen molar-refractivity contribution in [2.24, 2.45) is 0 Å². The highest BCUT2D eigenvalue weighted by molar-refractivity contribution is 5.55. The van der Waals surface area contributed by atoms with Gasteiger partial charge in [-0.1, -0.05) is 24.8 Å². The lowest BCUT2D eigenvalue weighted by atomic mass is 10.1. The molecule has 116 valence electrons. The Labute approximate surface area is 132 Å². The standard InChI is InChI=1S/C17H15N3O3/c1-3-8-23-12(2)15-10-19-17(22)20(16(15)21)11-14-6-4-13(9-18)5-7-14/h3-8,10H,2,11H2,1H3,(H,19,22)/b8-3-. The number of hydrogen-bond acceptors (Lipinski definition) is 4. The maximum Gasteiger partial charge on any atom is 0.328 e. The maximum absolute atomic E-state index is 12.4. The Balaban J connectivity index is 2.38. The second-order valence-corrected chi connectivity index (χ2v) is 4.72. The summed E-state index contributed by atoms with van der Waals surface area (Å²) >= 11 is 0. The molecule has 0 aliphatic rings. The van der Waals surface area contributed by atoms with E-state index in [1.165, 1.54) is 12.5 Å². The molecule has 1 N–H and O–H groups in total. The fraction of sp³-hybridized carbons (Fsp3) is 0.118. The van der Waals surface area contributed by atoms with Crippen molar-refractivity contribution in [3.05, 3.63) is 86.9 Å². The lowest BCUT2D eigenvalue weighted by molar-refractivity contribution is 0.435. The van der Waals surface area contributed by atoms with Gasteiger partial charge in [-0.25, -0.2) is 4.79 Å². The largest absolute Gasteiger partial charge is 0.465 e. The van der Waals surface area contributed by atoms with E-state index in [0.29, 0.717) is 5.56 Å². The number of allylic oxidation sites excluding steroid dienone is 1. The molecule has 0 bridgehead atoms. The van der Waals surface area contributed by atoms with E-state index in [9.17, 15) is 9.59 Å². The van der Waals surface area contributed by atoms with Crippen LogP contribution in [0, 0.1) is 11.3 Å². The Morgan fingerprint density at radius 2 is 2.09 bits per heavy atom. The Hall–Kier alpha value is -3.33. The van der Waals surface area contributed by atoms with Gasteiger partial charge in [-0.3, -0.25) is 9.36 Å². The van der Waals surface area contributed by atoms with Gasteiger partial charge in [0, 0.05) is 6.20 Å². The van der Waals surface area contributed by atoms with Crippen LogP contribution >= 0.6 is 0 Å². The molecule has 6 nitrogen and oxygen atoms in total. The van der Waals surface area contributed by atoms with E-state index in [2.05, 4.69) is 11.6 Å². The van der Waals surface area contributed by atoms with Gasteiger partial charge in [0.05, 0.1) is 30.0 Å². The first kappa shape index (κ1) is 16.0. The third-order valence-electron chi connectivity index (χ3n) is 3.13. The molecule has 0 amide bonds. The first-order valence-corrected chi connectivity index (χ1v) is 6.85. The highest BCUT2D eigenvalue weighted by atomic mass is 16.5. The van der Waals surface area contributed by atoms with Crippen molar-refractivity contribution in [3.63, 3.8) is 0 Å². The third-order valence-corrected chi connectivity index (χ3v) is 3.13. The summed E-state index contributed by atoms with van der Waals surface area (Å²) < 4.78 is 6.24. The monoisotopic (exact) mass is 309 g/mol. The second-order valence-electron chi connectivity index (χ2n) is 4.72. The highest BCUT2D eigenvalue weighted by Crippen LogP contribution is 2.08. The molecule has 0 unspecified atom stereocenters. The molecule has 0 atom stereocenters. The number of nitrogens with zero attached hydrogens (tertiary/aromatic N) is 2. The molecular formula is C17H15N3O3. The molecule has 0 radical (unpaired) electrons. The van der Waals surface area contributed by atoms with Crippen molar-refractivity contribution in [1.29, 1.82) is 5.26 Å². The summed E-state index contributed by atoms with van der Waals surface area (Å²) in [5, 5.41) is 8.79. The van der Waals surface area contributed by atoms with E-state index >= 15 is 0 Å². The molecule has 0 aliphatic carbocycles. The molecule has 0 saturated carbocycles. The van der Waals surface area contributed by atoms with Crippen LogP contribution in [0.2, 0.25) is 0 Å². The zero-order valence-electron chi connectivity index (χ0n) is 12.6. The molecule has 0 spiro atoms. The van der Waals surface area contributed by atoms with Crippen LogP contribution in [0.3, 0.4) is 0 Å². The van der Waals surface area contributed by atoms with E-state index in [4.69, 9.17) is 10.00 Å². The fourth-order valence-electron chi connectivity index (χ4n) is 1.94. The van der Waals surface area contributed by atoms with Gasteiger partial charge in [0.15, 0.2) is 0 Å². The van der Waals surface area contributed by atoms with Crippen molar-refractivity contribution >= 4 is 5.76 Å². The van der Waals surface area contributed by atoms with Crippen molar-refractivity contribution in [2.75, 3.05) is 0 Å². The van der Waals surface area contributed by atoms with Crippen LogP contribution < -0.4 is 11.2 Å². The van der Waals surface area contributed by atoms with E-state index in [-0.39, 0.29) is 17.9 Å². The lowest BCUT2D eigenvalue weighted by Crippen LogP contribution is -2.36. The number of nitriles is 1. The van der Waals surface area contributed by atoms with Crippen LogP contribution in [0.15, 0.2) is 59.0 Å². The minimum Gasteiger partial charge on any atom is -0.465 e. The quantitative estimate of drug-likeness (QED) is 0.855. The van der Waals surface area contributed by atoms with E-state index in [1.54, 1.807) is 37.3 Å². The summed E-state index contributed by atoms with van der Waals surface area (Å²) in [6.45, 7) is 5.53. The van der Waals surface area contributed by atoms with Gasteiger partial charge in [-0.15, -0.1) is 0 Å². The molecule has 1 heterocycles. The topological polar surface area (TPSA) is 87.9 Å². The van der Waals surface area contributed by atoms with Gasteiger partial charge in [0.25, 0.3) is 5.56 Å². The summed E-state index contributed by atoms with van der Waals surface area (Å²) in [4.78, 5) is 26.9. The minimum absolute atomic E-state index is 0.0879. The predicted octanol–water partition coefficient (Wildman–Crippen LogP) is 1.98. The Bertz CT molecular complexity index is 896. The molecule has 23 heavy (non-hydrogen) atoms. The molecule has 1 aromatic carbocycles. The summed E-state index contributed by atoms with van der Waals surface area (Å²) in [6, 6.07) is 8.67. The Morgan fingerprint density at radius 1 is 1.39 bits per heavy atom. The highest BCUT2D eigenvalue weighted by Gasteiger charge is 2.11. The van der Waals surface area contributed by atoms with E-state index in [1.807, 2.05) is 6.07 Å². The van der Waals surface area contributed by atoms with Gasteiger partial charge in [-0.2, -0.15) is 5.26 Å². The minimum atomic E-state index is -0.526.